The summed E-state index contributed by atoms with van der Waals surface area (Å²) in [4.78, 5) is 21.1. The Labute approximate surface area is 201 Å². The zero-order chi connectivity index (χ0) is 25.2. The number of hydrogen-bond donors (Lipinski definition) is 5. The molecule has 4 rings (SSSR count). The van der Waals surface area contributed by atoms with E-state index in [0.717, 1.165) is 23.3 Å². The van der Waals surface area contributed by atoms with Gasteiger partial charge in [0, 0.05) is 29.2 Å². The van der Waals surface area contributed by atoms with Crippen molar-refractivity contribution in [1.82, 2.24) is 20.2 Å². The van der Waals surface area contributed by atoms with Gasteiger partial charge in [0.05, 0.1) is 10.6 Å². The molecule has 0 radical (unpaired) electrons. The van der Waals surface area contributed by atoms with Crippen molar-refractivity contribution >= 4 is 46.5 Å². The van der Waals surface area contributed by atoms with Crippen LogP contribution in [0.15, 0.2) is 54.7 Å². The van der Waals surface area contributed by atoms with E-state index in [1.165, 1.54) is 6.07 Å². The molecule has 2 heterocycles. The van der Waals surface area contributed by atoms with Crippen molar-refractivity contribution in [2.24, 2.45) is 0 Å². The molecule has 2 amide bonds. The molecular formula is C22H18ClF3N8O. The maximum Gasteiger partial charge on any atom is 0.417 e. The van der Waals surface area contributed by atoms with Crippen LogP contribution < -0.4 is 21.7 Å². The van der Waals surface area contributed by atoms with Crippen molar-refractivity contribution < 1.29 is 18.0 Å². The zero-order valence-electron chi connectivity index (χ0n) is 18.0. The third kappa shape index (κ3) is 5.79. The van der Waals surface area contributed by atoms with Gasteiger partial charge >= 0.3 is 12.2 Å². The van der Waals surface area contributed by atoms with Gasteiger partial charge in [-0.25, -0.2) is 14.8 Å². The lowest BCUT2D eigenvalue weighted by Crippen LogP contribution is -2.20. The third-order valence-corrected chi connectivity index (χ3v) is 5.10. The first kappa shape index (κ1) is 23.8. The molecule has 6 N–H and O–H groups in total. The quantitative estimate of drug-likeness (QED) is 0.233. The highest BCUT2D eigenvalue weighted by Gasteiger charge is 2.33. The van der Waals surface area contributed by atoms with Crippen molar-refractivity contribution in [3.63, 3.8) is 0 Å². The normalized spacial score (nSPS) is 11.2. The number of amides is 2. The predicted molar refractivity (Wildman–Crippen MR) is 128 cm³/mol. The van der Waals surface area contributed by atoms with Crippen LogP contribution in [0.1, 0.15) is 11.1 Å². The average Bonchev–Trinajstić information content (AvgIpc) is 3.19. The Hall–Kier alpha value is -4.32. The number of nitrogens with zero attached hydrogens (tertiary/aromatic N) is 3. The molecule has 0 atom stereocenters. The van der Waals surface area contributed by atoms with Gasteiger partial charge in [-0.1, -0.05) is 11.6 Å². The number of carbonyl (C=O) groups excluding carboxylic acids is 1. The van der Waals surface area contributed by atoms with E-state index in [-0.39, 0.29) is 5.69 Å². The SMILES string of the molecule is Cc1cc(NC(=O)Nc2ccc(Cl)c(C(F)(F)F)c2)ccc1-c1nccc(Nc2cc(N)n[nH]2)n1. The number of hydrogen-bond acceptors (Lipinski definition) is 6. The molecule has 180 valence electrons. The fraction of sp³-hybridized carbons (Fsp3) is 0.0909. The lowest BCUT2D eigenvalue weighted by atomic mass is 10.1. The van der Waals surface area contributed by atoms with Gasteiger partial charge in [-0.2, -0.15) is 18.3 Å². The summed E-state index contributed by atoms with van der Waals surface area (Å²) in [5, 5.41) is 14.1. The highest BCUT2D eigenvalue weighted by Crippen LogP contribution is 2.36. The van der Waals surface area contributed by atoms with Crippen LogP contribution in [0.4, 0.5) is 46.8 Å². The topological polar surface area (TPSA) is 134 Å². The number of aromatic nitrogens is 4. The number of nitrogens with two attached hydrogens (primary N) is 1. The second-order valence-corrected chi connectivity index (χ2v) is 7.81. The lowest BCUT2D eigenvalue weighted by Gasteiger charge is -2.13. The molecule has 2 aromatic heterocycles. The molecule has 13 heteroatoms. The van der Waals surface area contributed by atoms with Crippen LogP contribution >= 0.6 is 11.6 Å². The van der Waals surface area contributed by atoms with Gasteiger partial charge < -0.3 is 21.7 Å². The summed E-state index contributed by atoms with van der Waals surface area (Å²) >= 11 is 5.61. The molecule has 35 heavy (non-hydrogen) atoms. The number of aromatic amines is 1. The number of carbonyl (C=O) groups is 1. The summed E-state index contributed by atoms with van der Waals surface area (Å²) in [5.41, 5.74) is 6.41. The average molecular weight is 503 g/mol. The van der Waals surface area contributed by atoms with E-state index in [9.17, 15) is 18.0 Å². The summed E-state index contributed by atoms with van der Waals surface area (Å²) in [6.07, 6.45) is -3.05. The minimum Gasteiger partial charge on any atom is -0.382 e. The molecule has 0 spiro atoms. The van der Waals surface area contributed by atoms with Crippen molar-refractivity contribution in [2.45, 2.75) is 13.1 Å². The molecular weight excluding hydrogens is 485 g/mol. The summed E-state index contributed by atoms with van der Waals surface area (Å²) in [5.74, 6) is 1.86. The van der Waals surface area contributed by atoms with Gasteiger partial charge in [0.1, 0.15) is 17.5 Å². The lowest BCUT2D eigenvalue weighted by molar-refractivity contribution is -0.137. The molecule has 2 aromatic carbocycles. The largest absolute Gasteiger partial charge is 0.417 e. The van der Waals surface area contributed by atoms with Gasteiger partial charge in [0.25, 0.3) is 0 Å². The van der Waals surface area contributed by atoms with Crippen molar-refractivity contribution in [3.8, 4) is 11.4 Å². The molecule has 0 saturated heterocycles. The van der Waals surface area contributed by atoms with Crippen LogP contribution in [-0.4, -0.2) is 26.2 Å². The van der Waals surface area contributed by atoms with Gasteiger partial charge in [0.15, 0.2) is 5.82 Å². The highest BCUT2D eigenvalue weighted by molar-refractivity contribution is 6.31. The number of rotatable bonds is 5. The van der Waals surface area contributed by atoms with Gasteiger partial charge in [0.2, 0.25) is 0 Å². The summed E-state index contributed by atoms with van der Waals surface area (Å²) in [7, 11) is 0. The maximum atomic E-state index is 13.0. The number of benzene rings is 2. The Morgan fingerprint density at radius 2 is 1.77 bits per heavy atom. The van der Waals surface area contributed by atoms with Gasteiger partial charge in [-0.15, -0.1) is 0 Å². The van der Waals surface area contributed by atoms with Crippen LogP contribution in [0, 0.1) is 6.92 Å². The van der Waals surface area contributed by atoms with E-state index >= 15 is 0 Å². The standard InChI is InChI=1S/C22H18ClF3N8O/c1-11-8-12(29-21(35)30-13-3-5-16(23)15(9-13)22(24,25)26)2-4-14(11)20-28-7-6-18(32-20)31-19-10-17(27)33-34-19/h2-10H,1H3,(H2,29,30,35)(H4,27,28,31,32,33,34). The highest BCUT2D eigenvalue weighted by atomic mass is 35.5. The van der Waals surface area contributed by atoms with E-state index < -0.39 is 22.8 Å². The number of halogens is 4. The summed E-state index contributed by atoms with van der Waals surface area (Å²) in [6.45, 7) is 1.81. The minimum absolute atomic E-state index is 0.0516. The second-order valence-electron chi connectivity index (χ2n) is 7.40. The van der Waals surface area contributed by atoms with Crippen molar-refractivity contribution in [3.05, 3.63) is 70.9 Å². The number of nitrogen functional groups attached to an aromatic ring is 1. The van der Waals surface area contributed by atoms with Crippen LogP contribution in [-0.2, 0) is 6.18 Å². The molecule has 4 aromatic rings. The Morgan fingerprint density at radius 3 is 2.43 bits per heavy atom. The fourth-order valence-electron chi connectivity index (χ4n) is 3.20. The zero-order valence-corrected chi connectivity index (χ0v) is 18.8. The number of urea groups is 1. The second kappa shape index (κ2) is 9.50. The van der Waals surface area contributed by atoms with E-state index in [0.29, 0.717) is 29.0 Å². The monoisotopic (exact) mass is 502 g/mol. The Balaban J connectivity index is 1.46. The molecule has 9 nitrogen and oxygen atoms in total. The molecule has 0 bridgehead atoms. The number of alkyl halides is 3. The Bertz CT molecular complexity index is 1390. The first-order valence-corrected chi connectivity index (χ1v) is 10.4. The molecule has 0 saturated carbocycles. The third-order valence-electron chi connectivity index (χ3n) is 4.77. The fourth-order valence-corrected chi connectivity index (χ4v) is 3.43. The summed E-state index contributed by atoms with van der Waals surface area (Å²) in [6, 6.07) is 10.7. The van der Waals surface area contributed by atoms with Gasteiger partial charge in [-0.05, 0) is 55.0 Å². The molecule has 0 aliphatic heterocycles. The molecule has 0 aliphatic rings. The maximum absolute atomic E-state index is 13.0. The van der Waals surface area contributed by atoms with E-state index in [1.807, 2.05) is 6.92 Å². The predicted octanol–water partition coefficient (Wildman–Crippen LogP) is 5.82. The van der Waals surface area contributed by atoms with Crippen LogP contribution in [0.5, 0.6) is 0 Å². The Kier molecular flexibility index (Phi) is 6.47. The first-order chi connectivity index (χ1) is 16.6. The number of aryl methyl sites for hydroxylation is 1. The molecule has 0 unspecified atom stereocenters. The number of H-pyrrole nitrogens is 1. The molecule has 0 aliphatic carbocycles. The van der Waals surface area contributed by atoms with Crippen LogP contribution in [0.3, 0.4) is 0 Å². The minimum atomic E-state index is -4.64. The number of nitrogens with one attached hydrogen (secondary N) is 4. The van der Waals surface area contributed by atoms with E-state index in [1.54, 1.807) is 36.5 Å². The van der Waals surface area contributed by atoms with Crippen LogP contribution in [0.2, 0.25) is 5.02 Å². The van der Waals surface area contributed by atoms with Crippen molar-refractivity contribution in [2.75, 3.05) is 21.7 Å². The van der Waals surface area contributed by atoms with Gasteiger partial charge in [-0.3, -0.25) is 5.10 Å². The molecule has 0 fully saturated rings. The van der Waals surface area contributed by atoms with Crippen LogP contribution in [0.25, 0.3) is 11.4 Å². The smallest absolute Gasteiger partial charge is 0.382 e. The van der Waals surface area contributed by atoms with Crippen molar-refractivity contribution in [1.29, 1.82) is 0 Å². The first-order valence-electron chi connectivity index (χ1n) is 10.1. The van der Waals surface area contributed by atoms with E-state index in [2.05, 4.69) is 36.1 Å². The summed E-state index contributed by atoms with van der Waals surface area (Å²) < 4.78 is 39.1. The number of anilines is 5. The Morgan fingerprint density at radius 1 is 1.06 bits per heavy atom. The van der Waals surface area contributed by atoms with E-state index in [4.69, 9.17) is 17.3 Å².